The highest BCUT2D eigenvalue weighted by atomic mass is 32.2. The Morgan fingerprint density at radius 3 is 2.91 bits per heavy atom. The van der Waals surface area contributed by atoms with Crippen molar-refractivity contribution in [2.24, 2.45) is 5.73 Å². The minimum absolute atomic E-state index is 0.0719. The second-order valence-corrected chi connectivity index (χ2v) is 7.43. The normalized spacial score (nSPS) is 16.8. The Balaban J connectivity index is 1.62. The molecular weight excluding hydrogens is 330 g/mol. The number of fused-ring (bicyclic) bond motifs is 1. The van der Waals surface area contributed by atoms with Crippen molar-refractivity contribution in [2.75, 3.05) is 43.1 Å². The van der Waals surface area contributed by atoms with Crippen LogP contribution in [0.3, 0.4) is 0 Å². The first-order chi connectivity index (χ1) is 11.2. The summed E-state index contributed by atoms with van der Waals surface area (Å²) in [5.41, 5.74) is 6.99. The van der Waals surface area contributed by atoms with Crippen LogP contribution in [0.2, 0.25) is 0 Å². The molecule has 1 saturated heterocycles. The van der Waals surface area contributed by atoms with Gasteiger partial charge in [-0.3, -0.25) is 4.79 Å². The third-order valence-corrected chi connectivity index (χ3v) is 5.61. The standard InChI is InChI=1S/C15H21N5OS2/c1-22-8-2-11(16)15(21)20-6-4-19(5-7-20)14-13-12(3-9-23-13)17-10-18-14/h3,9-11H,2,4-8,16H2,1H3/t11-/m0/s1. The van der Waals surface area contributed by atoms with Gasteiger partial charge in [0.2, 0.25) is 5.91 Å². The molecule has 23 heavy (non-hydrogen) atoms. The van der Waals surface area contributed by atoms with Gasteiger partial charge in [0.1, 0.15) is 12.1 Å². The number of carbonyl (C=O) groups excluding carboxylic acids is 1. The molecule has 8 heteroatoms. The van der Waals surface area contributed by atoms with Crippen LogP contribution < -0.4 is 10.6 Å². The summed E-state index contributed by atoms with van der Waals surface area (Å²) in [6, 6.07) is 1.63. The Morgan fingerprint density at radius 2 is 2.17 bits per heavy atom. The lowest BCUT2D eigenvalue weighted by atomic mass is 10.2. The number of nitrogens with two attached hydrogens (primary N) is 1. The Kier molecular flexibility index (Phi) is 5.34. The number of aromatic nitrogens is 2. The largest absolute Gasteiger partial charge is 0.352 e. The average molecular weight is 352 g/mol. The summed E-state index contributed by atoms with van der Waals surface area (Å²) < 4.78 is 1.11. The van der Waals surface area contributed by atoms with Crippen LogP contribution in [0.1, 0.15) is 6.42 Å². The fraction of sp³-hybridized carbons (Fsp3) is 0.533. The van der Waals surface area contributed by atoms with Crippen molar-refractivity contribution in [3.05, 3.63) is 17.8 Å². The van der Waals surface area contributed by atoms with Crippen molar-refractivity contribution in [3.8, 4) is 0 Å². The van der Waals surface area contributed by atoms with Gasteiger partial charge in [0.05, 0.1) is 16.3 Å². The molecule has 6 nitrogen and oxygen atoms in total. The Morgan fingerprint density at radius 1 is 1.39 bits per heavy atom. The molecule has 1 amide bonds. The van der Waals surface area contributed by atoms with E-state index >= 15 is 0 Å². The predicted octanol–water partition coefficient (Wildman–Crippen LogP) is 1.42. The summed E-state index contributed by atoms with van der Waals surface area (Å²) in [5, 5.41) is 2.04. The van der Waals surface area contributed by atoms with E-state index in [1.165, 1.54) is 0 Å². The van der Waals surface area contributed by atoms with Gasteiger partial charge in [0, 0.05) is 26.2 Å². The van der Waals surface area contributed by atoms with E-state index in [2.05, 4.69) is 14.9 Å². The molecule has 2 aromatic heterocycles. The maximum absolute atomic E-state index is 12.4. The zero-order valence-electron chi connectivity index (χ0n) is 13.1. The highest BCUT2D eigenvalue weighted by Gasteiger charge is 2.26. The lowest BCUT2D eigenvalue weighted by molar-refractivity contribution is -0.132. The molecule has 0 saturated carbocycles. The summed E-state index contributed by atoms with van der Waals surface area (Å²) in [7, 11) is 0. The number of carbonyl (C=O) groups is 1. The quantitative estimate of drug-likeness (QED) is 0.878. The zero-order chi connectivity index (χ0) is 16.2. The molecule has 1 atom stereocenters. The molecule has 2 aromatic rings. The highest BCUT2D eigenvalue weighted by molar-refractivity contribution is 7.98. The summed E-state index contributed by atoms with van der Waals surface area (Å²) in [6.45, 7) is 2.96. The monoisotopic (exact) mass is 351 g/mol. The molecule has 1 fully saturated rings. The number of nitrogens with zero attached hydrogens (tertiary/aromatic N) is 4. The van der Waals surface area contributed by atoms with Crippen LogP contribution in [0.25, 0.3) is 10.2 Å². The van der Waals surface area contributed by atoms with Gasteiger partial charge in [-0.05, 0) is 29.9 Å². The van der Waals surface area contributed by atoms with Crippen molar-refractivity contribution in [1.82, 2.24) is 14.9 Å². The highest BCUT2D eigenvalue weighted by Crippen LogP contribution is 2.28. The molecule has 1 aliphatic heterocycles. The third kappa shape index (κ3) is 3.59. The van der Waals surface area contributed by atoms with Crippen LogP contribution in [0.4, 0.5) is 5.82 Å². The number of amides is 1. The second-order valence-electron chi connectivity index (χ2n) is 5.53. The molecule has 0 aliphatic carbocycles. The molecule has 0 bridgehead atoms. The van der Waals surface area contributed by atoms with Crippen molar-refractivity contribution in [1.29, 1.82) is 0 Å². The van der Waals surface area contributed by atoms with Gasteiger partial charge in [-0.1, -0.05) is 0 Å². The first kappa shape index (κ1) is 16.5. The van der Waals surface area contributed by atoms with Crippen molar-refractivity contribution in [2.45, 2.75) is 12.5 Å². The first-order valence-corrected chi connectivity index (χ1v) is 9.94. The SMILES string of the molecule is CSCC[C@H](N)C(=O)N1CCN(c2ncnc3ccsc23)CC1. The second kappa shape index (κ2) is 7.46. The third-order valence-electron chi connectivity index (χ3n) is 4.07. The van der Waals surface area contributed by atoms with Gasteiger partial charge in [-0.15, -0.1) is 11.3 Å². The molecule has 3 heterocycles. The molecule has 0 aromatic carbocycles. The maximum atomic E-state index is 12.4. The van der Waals surface area contributed by atoms with E-state index in [9.17, 15) is 4.79 Å². The molecule has 0 radical (unpaired) electrons. The van der Waals surface area contributed by atoms with Crippen LogP contribution >= 0.6 is 23.1 Å². The smallest absolute Gasteiger partial charge is 0.239 e. The van der Waals surface area contributed by atoms with Crippen LogP contribution in [0.15, 0.2) is 17.8 Å². The van der Waals surface area contributed by atoms with Gasteiger partial charge < -0.3 is 15.5 Å². The van der Waals surface area contributed by atoms with E-state index < -0.39 is 0 Å². The van der Waals surface area contributed by atoms with Gasteiger partial charge in [-0.25, -0.2) is 9.97 Å². The van der Waals surface area contributed by atoms with Gasteiger partial charge in [0.25, 0.3) is 0 Å². The van der Waals surface area contributed by atoms with Crippen LogP contribution in [-0.4, -0.2) is 65.0 Å². The fourth-order valence-electron chi connectivity index (χ4n) is 2.74. The van der Waals surface area contributed by atoms with Crippen LogP contribution in [0.5, 0.6) is 0 Å². The van der Waals surface area contributed by atoms with E-state index in [0.717, 1.165) is 41.3 Å². The molecular formula is C15H21N5OS2. The fourth-order valence-corrected chi connectivity index (χ4v) is 4.09. The molecule has 1 aliphatic rings. The molecule has 2 N–H and O–H groups in total. The predicted molar refractivity (Wildman–Crippen MR) is 97.2 cm³/mol. The molecule has 3 rings (SSSR count). The number of anilines is 1. The summed E-state index contributed by atoms with van der Waals surface area (Å²) >= 11 is 3.38. The lowest BCUT2D eigenvalue weighted by Crippen LogP contribution is -2.53. The zero-order valence-corrected chi connectivity index (χ0v) is 14.8. The number of thiophene rings is 1. The molecule has 0 spiro atoms. The first-order valence-electron chi connectivity index (χ1n) is 7.67. The summed E-state index contributed by atoms with van der Waals surface area (Å²) in [6.07, 6.45) is 4.38. The average Bonchev–Trinajstić information content (AvgIpc) is 3.08. The van der Waals surface area contributed by atoms with E-state index in [0.29, 0.717) is 13.1 Å². The van der Waals surface area contributed by atoms with E-state index in [1.54, 1.807) is 29.4 Å². The van der Waals surface area contributed by atoms with Crippen LogP contribution in [-0.2, 0) is 4.79 Å². The molecule has 124 valence electrons. The summed E-state index contributed by atoms with van der Waals surface area (Å²) in [4.78, 5) is 25.2. The van der Waals surface area contributed by atoms with Gasteiger partial charge >= 0.3 is 0 Å². The van der Waals surface area contributed by atoms with Crippen molar-refractivity contribution >= 4 is 45.0 Å². The van der Waals surface area contributed by atoms with Crippen molar-refractivity contribution in [3.63, 3.8) is 0 Å². The minimum Gasteiger partial charge on any atom is -0.352 e. The number of hydrogen-bond donors (Lipinski definition) is 1. The van der Waals surface area contributed by atoms with Crippen LogP contribution in [0, 0.1) is 0 Å². The lowest BCUT2D eigenvalue weighted by Gasteiger charge is -2.36. The number of hydrogen-bond acceptors (Lipinski definition) is 7. The van der Waals surface area contributed by atoms with E-state index in [1.807, 2.05) is 22.6 Å². The minimum atomic E-state index is -0.378. The maximum Gasteiger partial charge on any atom is 0.239 e. The number of piperazine rings is 1. The Bertz CT molecular complexity index is 669. The number of rotatable bonds is 5. The van der Waals surface area contributed by atoms with Crippen molar-refractivity contribution < 1.29 is 4.79 Å². The van der Waals surface area contributed by atoms with E-state index in [-0.39, 0.29) is 11.9 Å². The van der Waals surface area contributed by atoms with Gasteiger partial charge in [-0.2, -0.15) is 11.8 Å². The number of thioether (sulfide) groups is 1. The topological polar surface area (TPSA) is 75.4 Å². The van der Waals surface area contributed by atoms with Gasteiger partial charge in [0.15, 0.2) is 0 Å². The van der Waals surface area contributed by atoms with E-state index in [4.69, 9.17) is 5.73 Å². The molecule has 0 unspecified atom stereocenters. The summed E-state index contributed by atoms with van der Waals surface area (Å²) in [5.74, 6) is 1.97. The Hall–Kier alpha value is -1.38. The Labute approximate surface area is 144 Å².